The van der Waals surface area contributed by atoms with Crippen molar-refractivity contribution in [3.8, 4) is 0 Å². The first-order chi connectivity index (χ1) is 15.2. The molecule has 2 aromatic rings. The molecule has 3 rings (SSSR count). The summed E-state index contributed by atoms with van der Waals surface area (Å²) in [6, 6.07) is 0. The molecule has 5 nitrogen and oxygen atoms in total. The van der Waals surface area contributed by atoms with E-state index in [2.05, 4.69) is 47.9 Å². The second kappa shape index (κ2) is 10.6. The van der Waals surface area contributed by atoms with Gasteiger partial charge in [-0.15, -0.1) is 11.3 Å². The molecule has 0 fully saturated rings. The molecule has 0 saturated heterocycles. The fourth-order valence-electron chi connectivity index (χ4n) is 3.87. The maximum absolute atomic E-state index is 13.1. The first-order valence-corrected chi connectivity index (χ1v) is 12.7. The van der Waals surface area contributed by atoms with Crippen LogP contribution in [0.1, 0.15) is 57.5 Å². The van der Waals surface area contributed by atoms with Gasteiger partial charge in [0.05, 0.1) is 11.0 Å². The summed E-state index contributed by atoms with van der Waals surface area (Å²) in [5.74, 6) is -0.107. The van der Waals surface area contributed by atoms with Crippen molar-refractivity contribution >= 4 is 56.7 Å². The summed E-state index contributed by atoms with van der Waals surface area (Å²) in [4.78, 5) is 17.7. The van der Waals surface area contributed by atoms with Crippen LogP contribution in [-0.4, -0.2) is 29.1 Å². The molecule has 0 saturated carbocycles. The van der Waals surface area contributed by atoms with Gasteiger partial charge in [-0.2, -0.15) is 0 Å². The molecule has 0 spiro atoms. The highest BCUT2D eigenvalue weighted by Gasteiger charge is 2.21. The van der Waals surface area contributed by atoms with E-state index in [4.69, 9.17) is 23.2 Å². The van der Waals surface area contributed by atoms with Gasteiger partial charge in [0.15, 0.2) is 5.13 Å². The van der Waals surface area contributed by atoms with Crippen LogP contribution < -0.4 is 21.2 Å². The second-order valence-electron chi connectivity index (χ2n) is 9.05. The van der Waals surface area contributed by atoms with E-state index in [-0.39, 0.29) is 17.9 Å². The smallest absolute Gasteiger partial charge is 0.246 e. The SMILES string of the molecule is CCCc1c(CCNC)c2c(n1CC(=O)Nc1nc(C(C)(C)C)cs1)=CC(Cl)=CCC=2Cl. The minimum absolute atomic E-state index is 0.0572. The standard InChI is InChI=1S/C24H32Cl2N4OS/c1-6-7-18-16(10-11-27-5)22-17(26)9-8-15(25)12-19(22)30(18)13-21(31)29-23-28-20(14-32-23)24(2,3)4/h8,12,14,27H,6-7,9-11,13H2,1-5H3,(H,28,29,31). The van der Waals surface area contributed by atoms with Crippen molar-refractivity contribution in [2.75, 3.05) is 18.9 Å². The van der Waals surface area contributed by atoms with Gasteiger partial charge in [0.1, 0.15) is 6.54 Å². The lowest BCUT2D eigenvalue weighted by Crippen LogP contribution is -2.34. The number of anilines is 1. The van der Waals surface area contributed by atoms with Crippen LogP contribution in [-0.2, 0) is 29.6 Å². The van der Waals surface area contributed by atoms with Crippen molar-refractivity contribution in [2.24, 2.45) is 0 Å². The number of allylic oxidation sites excluding steroid dienone is 2. The fourth-order valence-corrected chi connectivity index (χ4v) is 5.30. The number of rotatable bonds is 8. The van der Waals surface area contributed by atoms with Gasteiger partial charge in [0, 0.05) is 38.2 Å². The molecule has 174 valence electrons. The van der Waals surface area contributed by atoms with Gasteiger partial charge >= 0.3 is 0 Å². The Hall–Kier alpha value is -1.60. The Labute approximate surface area is 204 Å². The summed E-state index contributed by atoms with van der Waals surface area (Å²) < 4.78 is 2.08. The number of amides is 1. The molecule has 0 atom stereocenters. The molecule has 32 heavy (non-hydrogen) atoms. The monoisotopic (exact) mass is 494 g/mol. The Morgan fingerprint density at radius 1 is 1.28 bits per heavy atom. The van der Waals surface area contributed by atoms with Crippen LogP contribution in [0.3, 0.4) is 0 Å². The van der Waals surface area contributed by atoms with Crippen molar-refractivity contribution in [3.63, 3.8) is 0 Å². The van der Waals surface area contributed by atoms with E-state index in [9.17, 15) is 4.79 Å². The zero-order valence-electron chi connectivity index (χ0n) is 19.4. The first-order valence-electron chi connectivity index (χ1n) is 11.0. The molecule has 1 aliphatic carbocycles. The van der Waals surface area contributed by atoms with E-state index in [0.29, 0.717) is 16.6 Å². The Morgan fingerprint density at radius 3 is 2.66 bits per heavy atom. The molecule has 0 radical (unpaired) electrons. The van der Waals surface area contributed by atoms with Crippen molar-refractivity contribution in [2.45, 2.75) is 65.3 Å². The average molecular weight is 496 g/mol. The van der Waals surface area contributed by atoms with E-state index in [1.807, 2.05) is 24.6 Å². The van der Waals surface area contributed by atoms with Gasteiger partial charge < -0.3 is 15.2 Å². The number of aromatic nitrogens is 2. The third-order valence-corrected chi connectivity index (χ3v) is 6.84. The van der Waals surface area contributed by atoms with E-state index in [1.165, 1.54) is 16.9 Å². The van der Waals surface area contributed by atoms with Crippen LogP contribution in [0.25, 0.3) is 11.1 Å². The molecular weight excluding hydrogens is 463 g/mol. The minimum Gasteiger partial charge on any atom is -0.335 e. The number of carbonyl (C=O) groups is 1. The number of fused-ring (bicyclic) bond motifs is 1. The van der Waals surface area contributed by atoms with Crippen molar-refractivity contribution in [1.82, 2.24) is 14.9 Å². The normalized spacial score (nSPS) is 14.0. The van der Waals surface area contributed by atoms with E-state index in [0.717, 1.165) is 52.8 Å². The molecule has 2 heterocycles. The molecule has 0 aromatic carbocycles. The van der Waals surface area contributed by atoms with Gasteiger partial charge in [-0.05, 0) is 38.1 Å². The molecule has 8 heteroatoms. The largest absolute Gasteiger partial charge is 0.335 e. The highest BCUT2D eigenvalue weighted by Crippen LogP contribution is 2.26. The number of hydrogen-bond acceptors (Lipinski definition) is 4. The summed E-state index contributed by atoms with van der Waals surface area (Å²) in [6.45, 7) is 9.50. The van der Waals surface area contributed by atoms with E-state index < -0.39 is 0 Å². The maximum Gasteiger partial charge on any atom is 0.246 e. The minimum atomic E-state index is -0.107. The quantitative estimate of drug-likeness (QED) is 0.576. The summed E-state index contributed by atoms with van der Waals surface area (Å²) in [7, 11) is 1.94. The zero-order valence-corrected chi connectivity index (χ0v) is 21.8. The average Bonchev–Trinajstić information content (AvgIpc) is 3.25. The topological polar surface area (TPSA) is 59.0 Å². The molecule has 0 aliphatic heterocycles. The summed E-state index contributed by atoms with van der Waals surface area (Å²) in [5, 5.41) is 12.2. The summed E-state index contributed by atoms with van der Waals surface area (Å²) in [5.41, 5.74) is 3.27. The maximum atomic E-state index is 13.1. The van der Waals surface area contributed by atoms with E-state index >= 15 is 0 Å². The van der Waals surface area contributed by atoms with Gasteiger partial charge in [0.25, 0.3) is 0 Å². The predicted molar refractivity (Wildman–Crippen MR) is 137 cm³/mol. The Kier molecular flexibility index (Phi) is 8.26. The highest BCUT2D eigenvalue weighted by atomic mass is 35.5. The first kappa shape index (κ1) is 25.0. The number of hydrogen-bond donors (Lipinski definition) is 2. The van der Waals surface area contributed by atoms with Crippen LogP contribution in [0, 0.1) is 0 Å². The van der Waals surface area contributed by atoms with Crippen LogP contribution in [0.4, 0.5) is 5.13 Å². The predicted octanol–water partition coefficient (Wildman–Crippen LogP) is 4.25. The van der Waals surface area contributed by atoms with Crippen LogP contribution >= 0.6 is 34.5 Å². The lowest BCUT2D eigenvalue weighted by Gasteiger charge is -2.14. The van der Waals surface area contributed by atoms with E-state index in [1.54, 1.807) is 0 Å². The number of halogens is 2. The Balaban J connectivity index is 2.03. The lowest BCUT2D eigenvalue weighted by atomic mass is 9.93. The summed E-state index contributed by atoms with van der Waals surface area (Å²) in [6.07, 6.45) is 7.12. The van der Waals surface area contributed by atoms with Crippen molar-refractivity contribution in [3.05, 3.63) is 44.0 Å². The molecular formula is C24H32Cl2N4OS. The Bertz CT molecular complexity index is 1140. The van der Waals surface area contributed by atoms with Crippen molar-refractivity contribution < 1.29 is 4.79 Å². The van der Waals surface area contributed by atoms with Gasteiger partial charge in [0.2, 0.25) is 5.91 Å². The van der Waals surface area contributed by atoms with Crippen LogP contribution in [0.2, 0.25) is 0 Å². The summed E-state index contributed by atoms with van der Waals surface area (Å²) >= 11 is 14.6. The Morgan fingerprint density at radius 2 is 2.03 bits per heavy atom. The molecule has 1 aliphatic rings. The number of likely N-dealkylation sites (N-methyl/N-ethyl adjacent to an activating group) is 1. The molecule has 1 amide bonds. The third kappa shape index (κ3) is 5.66. The van der Waals surface area contributed by atoms with Crippen molar-refractivity contribution in [1.29, 1.82) is 0 Å². The fraction of sp³-hybridized carbons (Fsp3) is 0.500. The highest BCUT2D eigenvalue weighted by molar-refractivity contribution is 7.13. The number of thiazole rings is 1. The number of nitrogens with one attached hydrogen (secondary N) is 2. The molecule has 2 N–H and O–H groups in total. The van der Waals surface area contributed by atoms with Gasteiger partial charge in [-0.25, -0.2) is 4.98 Å². The molecule has 0 unspecified atom stereocenters. The van der Waals surface area contributed by atoms with Crippen LogP contribution in [0.5, 0.6) is 0 Å². The molecule has 2 aromatic heterocycles. The number of carbonyl (C=O) groups excluding carboxylic acids is 1. The third-order valence-electron chi connectivity index (χ3n) is 5.48. The molecule has 0 bridgehead atoms. The van der Waals surface area contributed by atoms with Crippen LogP contribution in [0.15, 0.2) is 16.5 Å². The van der Waals surface area contributed by atoms with Gasteiger partial charge in [-0.3, -0.25) is 4.79 Å². The zero-order chi connectivity index (χ0) is 23.5. The lowest BCUT2D eigenvalue weighted by molar-refractivity contribution is -0.116. The second-order valence-corrected chi connectivity index (χ2v) is 10.8. The van der Waals surface area contributed by atoms with Gasteiger partial charge in [-0.1, -0.05) is 63.4 Å². The number of nitrogens with zero attached hydrogens (tertiary/aromatic N) is 2.